The lowest BCUT2D eigenvalue weighted by molar-refractivity contribution is -0.118. The van der Waals surface area contributed by atoms with Crippen LogP contribution in [0.3, 0.4) is 0 Å². The summed E-state index contributed by atoms with van der Waals surface area (Å²) in [6.45, 7) is 3.48. The zero-order chi connectivity index (χ0) is 13.9. The maximum atomic E-state index is 11.8. The molecule has 0 aliphatic rings. The van der Waals surface area contributed by atoms with Crippen molar-refractivity contribution >= 4 is 21.6 Å². The molecule has 0 unspecified atom stereocenters. The first-order chi connectivity index (χ1) is 8.27. The van der Waals surface area contributed by atoms with Crippen LogP contribution in [-0.2, 0) is 21.2 Å². The molecule has 18 heavy (non-hydrogen) atoms. The van der Waals surface area contributed by atoms with E-state index in [0.29, 0.717) is 5.69 Å². The number of nitrogens with two attached hydrogens (primary N) is 1. The van der Waals surface area contributed by atoms with Crippen molar-refractivity contribution in [3.63, 3.8) is 0 Å². The molecule has 0 spiro atoms. The van der Waals surface area contributed by atoms with E-state index in [9.17, 15) is 13.2 Å². The summed E-state index contributed by atoms with van der Waals surface area (Å²) in [5.41, 5.74) is 6.72. The molecular formula is C12H18N2O3S. The number of nitrogens with zero attached hydrogens (tertiary/aromatic N) is 1. The maximum Gasteiger partial charge on any atom is 0.241 e. The quantitative estimate of drug-likeness (QED) is 0.862. The van der Waals surface area contributed by atoms with E-state index >= 15 is 0 Å². The summed E-state index contributed by atoms with van der Waals surface area (Å²) < 4.78 is 24.5. The Labute approximate surface area is 108 Å². The first-order valence-electron chi connectivity index (χ1n) is 5.65. The van der Waals surface area contributed by atoms with Gasteiger partial charge in [-0.05, 0) is 31.0 Å². The highest BCUT2D eigenvalue weighted by molar-refractivity contribution is 7.92. The molecule has 0 radical (unpaired) electrons. The number of primary amides is 1. The number of carbonyl (C=O) groups is 1. The molecule has 1 aromatic rings. The SMILES string of the molecule is CCc1ccc(N([C@@H](C)C(N)=O)S(C)(=O)=O)cc1. The minimum absolute atomic E-state index is 0.445. The smallest absolute Gasteiger partial charge is 0.241 e. The molecule has 1 amide bonds. The van der Waals surface area contributed by atoms with Gasteiger partial charge in [-0.25, -0.2) is 8.42 Å². The summed E-state index contributed by atoms with van der Waals surface area (Å²) in [6, 6.07) is 6.12. The van der Waals surface area contributed by atoms with Gasteiger partial charge in [-0.3, -0.25) is 9.10 Å². The van der Waals surface area contributed by atoms with Crippen LogP contribution in [0.2, 0.25) is 0 Å². The molecule has 0 aliphatic carbocycles. The fraction of sp³-hybridized carbons (Fsp3) is 0.417. The zero-order valence-corrected chi connectivity index (χ0v) is 11.6. The minimum atomic E-state index is -3.55. The molecule has 0 fully saturated rings. The van der Waals surface area contributed by atoms with Gasteiger partial charge >= 0.3 is 0 Å². The average molecular weight is 270 g/mol. The molecule has 0 saturated heterocycles. The van der Waals surface area contributed by atoms with Crippen molar-refractivity contribution in [1.29, 1.82) is 0 Å². The number of anilines is 1. The van der Waals surface area contributed by atoms with Crippen molar-refractivity contribution in [2.75, 3.05) is 10.6 Å². The van der Waals surface area contributed by atoms with E-state index in [-0.39, 0.29) is 0 Å². The van der Waals surface area contributed by atoms with Gasteiger partial charge in [0.1, 0.15) is 6.04 Å². The lowest BCUT2D eigenvalue weighted by Crippen LogP contribution is -2.45. The van der Waals surface area contributed by atoms with Gasteiger partial charge in [0.15, 0.2) is 0 Å². The van der Waals surface area contributed by atoms with E-state index in [2.05, 4.69) is 0 Å². The Morgan fingerprint density at radius 2 is 1.83 bits per heavy atom. The molecule has 100 valence electrons. The van der Waals surface area contributed by atoms with Gasteiger partial charge < -0.3 is 5.73 Å². The van der Waals surface area contributed by atoms with E-state index in [1.165, 1.54) is 6.92 Å². The molecule has 1 rings (SSSR count). The normalized spacial score (nSPS) is 13.1. The van der Waals surface area contributed by atoms with Crippen molar-refractivity contribution in [1.82, 2.24) is 0 Å². The maximum absolute atomic E-state index is 11.8. The summed E-state index contributed by atoms with van der Waals surface area (Å²) in [6.07, 6.45) is 1.92. The second-order valence-corrected chi connectivity index (χ2v) is 6.02. The van der Waals surface area contributed by atoms with Crippen molar-refractivity contribution in [3.05, 3.63) is 29.8 Å². The largest absolute Gasteiger partial charge is 0.368 e. The number of carbonyl (C=O) groups excluding carboxylic acids is 1. The molecule has 6 heteroatoms. The highest BCUT2D eigenvalue weighted by Gasteiger charge is 2.27. The Balaban J connectivity index is 3.22. The van der Waals surface area contributed by atoms with Gasteiger partial charge in [-0.2, -0.15) is 0 Å². The van der Waals surface area contributed by atoms with E-state index in [1.54, 1.807) is 12.1 Å². The van der Waals surface area contributed by atoms with Crippen LogP contribution in [0.15, 0.2) is 24.3 Å². The fourth-order valence-electron chi connectivity index (χ4n) is 1.70. The molecule has 0 bridgehead atoms. The molecule has 5 nitrogen and oxygen atoms in total. The number of rotatable bonds is 5. The van der Waals surface area contributed by atoms with Gasteiger partial charge in [0.05, 0.1) is 11.9 Å². The summed E-state index contributed by atoms with van der Waals surface area (Å²) in [7, 11) is -3.55. The van der Waals surface area contributed by atoms with Gasteiger partial charge in [0.2, 0.25) is 15.9 Å². The molecule has 0 aliphatic heterocycles. The third-order valence-electron chi connectivity index (χ3n) is 2.72. The highest BCUT2D eigenvalue weighted by Crippen LogP contribution is 2.21. The van der Waals surface area contributed by atoms with Crippen LogP contribution < -0.4 is 10.0 Å². The van der Waals surface area contributed by atoms with E-state index < -0.39 is 22.0 Å². The molecule has 0 aromatic heterocycles. The van der Waals surface area contributed by atoms with Crippen LogP contribution in [0, 0.1) is 0 Å². The first kappa shape index (κ1) is 14.5. The fourth-order valence-corrected chi connectivity index (χ4v) is 2.88. The van der Waals surface area contributed by atoms with Crippen LogP contribution in [0.1, 0.15) is 19.4 Å². The van der Waals surface area contributed by atoms with Crippen LogP contribution in [0.25, 0.3) is 0 Å². The number of amides is 1. The van der Waals surface area contributed by atoms with Gasteiger partial charge in [-0.15, -0.1) is 0 Å². The number of hydrogen-bond donors (Lipinski definition) is 1. The zero-order valence-electron chi connectivity index (χ0n) is 10.8. The number of hydrogen-bond acceptors (Lipinski definition) is 3. The lowest BCUT2D eigenvalue weighted by atomic mass is 10.1. The number of benzene rings is 1. The topological polar surface area (TPSA) is 80.5 Å². The van der Waals surface area contributed by atoms with E-state index in [1.807, 2.05) is 19.1 Å². The summed E-state index contributed by atoms with van der Waals surface area (Å²) >= 11 is 0. The third kappa shape index (κ3) is 3.22. The van der Waals surface area contributed by atoms with Crippen LogP contribution in [0.5, 0.6) is 0 Å². The summed E-state index contributed by atoms with van der Waals surface area (Å²) in [4.78, 5) is 11.2. The van der Waals surface area contributed by atoms with Crippen LogP contribution in [-0.4, -0.2) is 26.6 Å². The summed E-state index contributed by atoms with van der Waals surface area (Å²) in [5.74, 6) is -0.681. The average Bonchev–Trinajstić information content (AvgIpc) is 2.28. The lowest BCUT2D eigenvalue weighted by Gasteiger charge is -2.26. The molecule has 2 N–H and O–H groups in total. The summed E-state index contributed by atoms with van der Waals surface area (Å²) in [5, 5.41) is 0. The number of sulfonamides is 1. The van der Waals surface area contributed by atoms with E-state index in [0.717, 1.165) is 22.5 Å². The van der Waals surface area contributed by atoms with Crippen molar-refractivity contribution in [2.24, 2.45) is 5.73 Å². The van der Waals surface area contributed by atoms with Crippen molar-refractivity contribution in [2.45, 2.75) is 26.3 Å². The third-order valence-corrected chi connectivity index (χ3v) is 3.96. The Bertz CT molecular complexity index is 523. The predicted molar refractivity (Wildman–Crippen MR) is 71.8 cm³/mol. The Morgan fingerprint density at radius 1 is 1.33 bits per heavy atom. The minimum Gasteiger partial charge on any atom is -0.368 e. The molecule has 0 saturated carbocycles. The standard InChI is InChI=1S/C12H18N2O3S/c1-4-10-5-7-11(8-6-10)14(18(3,16)17)9(2)12(13)15/h5-9H,4H2,1-3H3,(H2,13,15)/t9-/m0/s1. The Morgan fingerprint density at radius 3 is 2.17 bits per heavy atom. The number of aryl methyl sites for hydroxylation is 1. The first-order valence-corrected chi connectivity index (χ1v) is 7.50. The highest BCUT2D eigenvalue weighted by atomic mass is 32.2. The van der Waals surface area contributed by atoms with Crippen LogP contribution in [0.4, 0.5) is 5.69 Å². The second kappa shape index (κ2) is 5.39. The van der Waals surface area contributed by atoms with E-state index in [4.69, 9.17) is 5.73 Å². The van der Waals surface area contributed by atoms with Crippen molar-refractivity contribution < 1.29 is 13.2 Å². The molecule has 0 heterocycles. The molecular weight excluding hydrogens is 252 g/mol. The second-order valence-electron chi connectivity index (χ2n) is 4.16. The van der Waals surface area contributed by atoms with Gasteiger partial charge in [0, 0.05) is 0 Å². The monoisotopic (exact) mass is 270 g/mol. The molecule has 1 aromatic carbocycles. The van der Waals surface area contributed by atoms with Gasteiger partial charge in [-0.1, -0.05) is 19.1 Å². The predicted octanol–water partition coefficient (Wildman–Crippen LogP) is 0.889. The Kier molecular flexibility index (Phi) is 4.34. The van der Waals surface area contributed by atoms with Gasteiger partial charge in [0.25, 0.3) is 0 Å². The van der Waals surface area contributed by atoms with Crippen molar-refractivity contribution in [3.8, 4) is 0 Å². The Hall–Kier alpha value is -1.56. The van der Waals surface area contributed by atoms with Crippen LogP contribution >= 0.6 is 0 Å². The molecule has 1 atom stereocenters.